The van der Waals surface area contributed by atoms with Gasteiger partial charge in [-0.3, -0.25) is 0 Å². The molecule has 2 saturated carbocycles. The number of carbonyl (C=O) groups excluding carboxylic acids is 1. The Morgan fingerprint density at radius 1 is 1.00 bits per heavy atom. The smallest absolute Gasteiger partial charge is 0.340 e. The Hall–Kier alpha value is -2.04. The van der Waals surface area contributed by atoms with E-state index in [0.29, 0.717) is 17.4 Å². The largest absolute Gasteiger partial charge is 0.465 e. The summed E-state index contributed by atoms with van der Waals surface area (Å²) in [5, 5.41) is -0.198. The SMILES string of the molecule is CCCC1CCC2CC(c3ccc4cc(C(=O)OC)c(F)c(F)c4c3F)CCC2C1. The third-order valence-electron chi connectivity index (χ3n) is 7.42. The molecule has 0 radical (unpaired) electrons. The average Bonchev–Trinajstić information content (AvgIpc) is 2.75. The van der Waals surface area contributed by atoms with Crippen LogP contribution in [0.3, 0.4) is 0 Å². The summed E-state index contributed by atoms with van der Waals surface area (Å²) in [5.41, 5.74) is -0.0419. The number of hydrogen-bond acceptors (Lipinski definition) is 2. The fourth-order valence-corrected chi connectivity index (χ4v) is 5.91. The van der Waals surface area contributed by atoms with E-state index in [9.17, 15) is 13.6 Å². The van der Waals surface area contributed by atoms with Gasteiger partial charge in [0.2, 0.25) is 0 Å². The maximum absolute atomic E-state index is 15.4. The highest BCUT2D eigenvalue weighted by molar-refractivity contribution is 5.96. The number of benzene rings is 2. The number of ether oxygens (including phenoxy) is 1. The van der Waals surface area contributed by atoms with Gasteiger partial charge in [-0.15, -0.1) is 0 Å². The van der Waals surface area contributed by atoms with Crippen LogP contribution in [0.1, 0.15) is 80.1 Å². The molecule has 30 heavy (non-hydrogen) atoms. The Balaban J connectivity index is 1.62. The van der Waals surface area contributed by atoms with Gasteiger partial charge in [0.1, 0.15) is 5.82 Å². The predicted molar refractivity (Wildman–Crippen MR) is 111 cm³/mol. The Bertz CT molecular complexity index is 955. The van der Waals surface area contributed by atoms with Crippen LogP contribution < -0.4 is 0 Å². The van der Waals surface area contributed by atoms with Gasteiger partial charge in [-0.05, 0) is 72.8 Å². The molecule has 2 aromatic carbocycles. The minimum absolute atomic E-state index is 0.0288. The van der Waals surface area contributed by atoms with Crippen LogP contribution >= 0.6 is 0 Å². The van der Waals surface area contributed by atoms with Gasteiger partial charge in [-0.25, -0.2) is 18.0 Å². The van der Waals surface area contributed by atoms with Crippen LogP contribution in [0, 0.1) is 35.2 Å². The quantitative estimate of drug-likeness (QED) is 0.493. The van der Waals surface area contributed by atoms with Gasteiger partial charge >= 0.3 is 5.97 Å². The summed E-state index contributed by atoms with van der Waals surface area (Å²) in [6.45, 7) is 2.24. The number of methoxy groups -OCH3 is 1. The highest BCUT2D eigenvalue weighted by Crippen LogP contribution is 2.49. The number of esters is 1. The van der Waals surface area contributed by atoms with Gasteiger partial charge in [0.15, 0.2) is 11.6 Å². The van der Waals surface area contributed by atoms with Crippen molar-refractivity contribution in [2.75, 3.05) is 7.11 Å². The Morgan fingerprint density at radius 3 is 2.47 bits per heavy atom. The molecule has 2 fully saturated rings. The van der Waals surface area contributed by atoms with E-state index in [1.54, 1.807) is 12.1 Å². The molecule has 0 aliphatic heterocycles. The van der Waals surface area contributed by atoms with Gasteiger partial charge in [-0.1, -0.05) is 38.3 Å². The van der Waals surface area contributed by atoms with E-state index in [0.717, 1.165) is 32.3 Å². The summed E-state index contributed by atoms with van der Waals surface area (Å²) in [6.07, 6.45) is 9.11. The van der Waals surface area contributed by atoms with Crippen LogP contribution in [0.25, 0.3) is 10.8 Å². The van der Waals surface area contributed by atoms with Crippen LogP contribution in [0.2, 0.25) is 0 Å². The molecule has 0 N–H and O–H groups in total. The second-order valence-corrected chi connectivity index (χ2v) is 9.11. The molecule has 5 heteroatoms. The second-order valence-electron chi connectivity index (χ2n) is 9.11. The summed E-state index contributed by atoms with van der Waals surface area (Å²) in [5.74, 6) is -2.18. The zero-order valence-electron chi connectivity index (χ0n) is 17.6. The molecule has 4 atom stereocenters. The van der Waals surface area contributed by atoms with Gasteiger partial charge in [0.05, 0.1) is 18.1 Å². The van der Waals surface area contributed by atoms with Crippen molar-refractivity contribution in [3.05, 3.63) is 46.8 Å². The van der Waals surface area contributed by atoms with E-state index in [1.165, 1.54) is 38.2 Å². The standard InChI is InChI=1S/C25H29F3O2/c1-3-4-14-5-6-16-12-17(8-7-15(16)11-14)19-10-9-18-13-20(25(29)30-2)23(27)24(28)21(18)22(19)26/h9-10,13-17H,3-8,11-12H2,1-2H3. The molecule has 0 aromatic heterocycles. The van der Waals surface area contributed by atoms with Crippen LogP contribution in [-0.4, -0.2) is 13.1 Å². The summed E-state index contributed by atoms with van der Waals surface area (Å²) in [6, 6.07) is 4.44. The summed E-state index contributed by atoms with van der Waals surface area (Å²) in [7, 11) is 1.10. The molecule has 2 aliphatic carbocycles. The first-order valence-corrected chi connectivity index (χ1v) is 11.1. The monoisotopic (exact) mass is 418 g/mol. The van der Waals surface area contributed by atoms with Crippen molar-refractivity contribution in [2.24, 2.45) is 17.8 Å². The molecule has 0 amide bonds. The second kappa shape index (κ2) is 8.60. The molecular weight excluding hydrogens is 389 g/mol. The lowest BCUT2D eigenvalue weighted by Gasteiger charge is -2.42. The van der Waals surface area contributed by atoms with Gasteiger partial charge in [0.25, 0.3) is 0 Å². The molecule has 0 spiro atoms. The molecule has 4 unspecified atom stereocenters. The van der Waals surface area contributed by atoms with Crippen molar-refractivity contribution in [1.82, 2.24) is 0 Å². The topological polar surface area (TPSA) is 26.3 Å². The number of fused-ring (bicyclic) bond motifs is 2. The first-order chi connectivity index (χ1) is 14.4. The molecule has 162 valence electrons. The number of rotatable bonds is 4. The summed E-state index contributed by atoms with van der Waals surface area (Å²) >= 11 is 0. The zero-order chi connectivity index (χ0) is 21.4. The van der Waals surface area contributed by atoms with Crippen molar-refractivity contribution in [2.45, 2.75) is 64.2 Å². The molecule has 2 nitrogen and oxygen atoms in total. The average molecular weight is 418 g/mol. The molecule has 2 aromatic rings. The third kappa shape index (κ3) is 3.72. The van der Waals surface area contributed by atoms with Gasteiger partial charge < -0.3 is 4.74 Å². The normalized spacial score (nSPS) is 26.4. The van der Waals surface area contributed by atoms with E-state index in [1.807, 2.05) is 0 Å². The maximum Gasteiger partial charge on any atom is 0.340 e. The van der Waals surface area contributed by atoms with E-state index >= 15 is 4.39 Å². The lowest BCUT2D eigenvalue weighted by Crippen LogP contribution is -2.30. The fourth-order valence-electron chi connectivity index (χ4n) is 5.91. The minimum Gasteiger partial charge on any atom is -0.465 e. The van der Waals surface area contributed by atoms with Crippen molar-refractivity contribution in [1.29, 1.82) is 0 Å². The van der Waals surface area contributed by atoms with Crippen molar-refractivity contribution in [3.8, 4) is 0 Å². The Kier molecular flexibility index (Phi) is 6.08. The van der Waals surface area contributed by atoms with E-state index in [-0.39, 0.29) is 16.7 Å². The minimum atomic E-state index is -1.36. The molecule has 0 heterocycles. The lowest BCUT2D eigenvalue weighted by atomic mass is 9.63. The van der Waals surface area contributed by atoms with E-state index in [4.69, 9.17) is 0 Å². The fraction of sp³-hybridized carbons (Fsp3) is 0.560. The maximum atomic E-state index is 15.4. The first kappa shape index (κ1) is 21.2. The Labute approximate surface area is 175 Å². The molecule has 0 bridgehead atoms. The zero-order valence-corrected chi connectivity index (χ0v) is 17.6. The number of carbonyl (C=O) groups is 1. The van der Waals surface area contributed by atoms with Crippen LogP contribution in [-0.2, 0) is 4.74 Å². The third-order valence-corrected chi connectivity index (χ3v) is 7.42. The Morgan fingerprint density at radius 2 is 1.73 bits per heavy atom. The van der Waals surface area contributed by atoms with Crippen molar-refractivity contribution < 1.29 is 22.7 Å². The first-order valence-electron chi connectivity index (χ1n) is 11.1. The number of halogens is 3. The highest BCUT2D eigenvalue weighted by atomic mass is 19.2. The number of hydrogen-bond donors (Lipinski definition) is 0. The van der Waals surface area contributed by atoms with Crippen LogP contribution in [0.4, 0.5) is 13.2 Å². The van der Waals surface area contributed by atoms with Gasteiger partial charge in [-0.2, -0.15) is 0 Å². The lowest BCUT2D eigenvalue weighted by molar-refractivity contribution is 0.0594. The molecule has 4 rings (SSSR count). The van der Waals surface area contributed by atoms with Crippen LogP contribution in [0.15, 0.2) is 18.2 Å². The van der Waals surface area contributed by atoms with Crippen LogP contribution in [0.5, 0.6) is 0 Å². The van der Waals surface area contributed by atoms with E-state index < -0.39 is 29.0 Å². The molecular formula is C25H29F3O2. The molecule has 2 aliphatic rings. The molecule has 0 saturated heterocycles. The van der Waals surface area contributed by atoms with E-state index in [2.05, 4.69) is 11.7 Å². The highest BCUT2D eigenvalue weighted by Gasteiger charge is 2.37. The summed E-state index contributed by atoms with van der Waals surface area (Å²) in [4.78, 5) is 11.7. The van der Waals surface area contributed by atoms with Gasteiger partial charge in [0, 0.05) is 0 Å². The predicted octanol–water partition coefficient (Wildman–Crippen LogP) is 7.14. The van der Waals surface area contributed by atoms with Crippen molar-refractivity contribution in [3.63, 3.8) is 0 Å². The summed E-state index contributed by atoms with van der Waals surface area (Å²) < 4.78 is 49.0. The van der Waals surface area contributed by atoms with Crippen molar-refractivity contribution >= 4 is 16.7 Å².